The second-order valence-corrected chi connectivity index (χ2v) is 8.61. The summed E-state index contributed by atoms with van der Waals surface area (Å²) in [5.41, 5.74) is 1.27. The van der Waals surface area contributed by atoms with E-state index in [1.807, 2.05) is 18.2 Å². The van der Waals surface area contributed by atoms with Crippen LogP contribution in [0.15, 0.2) is 57.9 Å². The molecule has 0 spiro atoms. The fraction of sp³-hybridized carbons (Fsp3) is 0.360. The van der Waals surface area contributed by atoms with E-state index in [2.05, 4.69) is 4.90 Å². The topological polar surface area (TPSA) is 88.2 Å². The number of hydrogen-bond donors (Lipinski definition) is 1. The summed E-state index contributed by atoms with van der Waals surface area (Å²) in [5, 5.41) is 11.5. The van der Waals surface area contributed by atoms with Gasteiger partial charge in [0, 0.05) is 36.9 Å². The molecule has 1 amide bonds. The molecule has 1 aromatic carbocycles. The number of amides is 1. The van der Waals surface area contributed by atoms with E-state index >= 15 is 0 Å². The third-order valence-electron chi connectivity index (χ3n) is 6.10. The first-order chi connectivity index (χ1) is 16.4. The maximum Gasteiger partial charge on any atom is 0.409 e. The minimum Gasteiger partial charge on any atom is -0.507 e. The van der Waals surface area contributed by atoms with Gasteiger partial charge in [-0.25, -0.2) is 4.79 Å². The lowest BCUT2D eigenvalue weighted by atomic mass is 9.96. The molecule has 1 N–H and O–H groups in total. The third-order valence-corrected chi connectivity index (χ3v) is 6.44. The molecule has 3 aromatic rings. The van der Waals surface area contributed by atoms with Gasteiger partial charge < -0.3 is 23.7 Å². The zero-order valence-electron chi connectivity index (χ0n) is 19.2. The molecule has 4 rings (SSSR count). The van der Waals surface area contributed by atoms with Gasteiger partial charge in [-0.05, 0) is 43.7 Å². The molecule has 1 atom stereocenters. The lowest BCUT2D eigenvalue weighted by Gasteiger charge is -2.39. The van der Waals surface area contributed by atoms with Crippen LogP contribution >= 0.6 is 11.6 Å². The Balaban J connectivity index is 1.76. The Morgan fingerprint density at radius 1 is 1.18 bits per heavy atom. The molecule has 8 nitrogen and oxygen atoms in total. The van der Waals surface area contributed by atoms with Crippen molar-refractivity contribution in [2.75, 3.05) is 32.8 Å². The van der Waals surface area contributed by atoms with Crippen LogP contribution in [0.4, 0.5) is 4.79 Å². The van der Waals surface area contributed by atoms with Crippen molar-refractivity contribution in [3.63, 3.8) is 0 Å². The summed E-state index contributed by atoms with van der Waals surface area (Å²) in [6.45, 7) is 5.95. The van der Waals surface area contributed by atoms with Gasteiger partial charge >= 0.3 is 6.09 Å². The minimum atomic E-state index is -0.589. The number of halogens is 1. The summed E-state index contributed by atoms with van der Waals surface area (Å²) in [5.74, 6) is 0.551. The molecule has 3 heterocycles. The lowest BCUT2D eigenvalue weighted by Crippen LogP contribution is -2.50. The summed E-state index contributed by atoms with van der Waals surface area (Å²) < 4.78 is 12.2. The Morgan fingerprint density at radius 2 is 1.91 bits per heavy atom. The summed E-state index contributed by atoms with van der Waals surface area (Å²) >= 11 is 6.58. The normalized spacial score (nSPS) is 15.3. The molecule has 0 radical (unpaired) electrons. The molecule has 1 aliphatic heterocycles. The van der Waals surface area contributed by atoms with Gasteiger partial charge in [0.1, 0.15) is 11.5 Å². The SMILES string of the molecule is CCOC(=O)N1CCN([C@H](c2ccccc2Cl)c2c(O)cc(C)n(Cc3ccco3)c2=O)CC1. The van der Waals surface area contributed by atoms with E-state index in [9.17, 15) is 14.7 Å². The molecule has 180 valence electrons. The van der Waals surface area contributed by atoms with Crippen molar-refractivity contribution in [3.05, 3.63) is 86.7 Å². The number of carbonyl (C=O) groups excluding carboxylic acids is 1. The molecule has 1 fully saturated rings. The van der Waals surface area contributed by atoms with Crippen LogP contribution in [0, 0.1) is 6.92 Å². The monoisotopic (exact) mass is 485 g/mol. The number of carbonyl (C=O) groups is 1. The Kier molecular flexibility index (Phi) is 7.29. The lowest BCUT2D eigenvalue weighted by molar-refractivity contribution is 0.0709. The maximum absolute atomic E-state index is 13.8. The van der Waals surface area contributed by atoms with Crippen LogP contribution in [-0.2, 0) is 11.3 Å². The zero-order valence-corrected chi connectivity index (χ0v) is 20.0. The number of aryl methyl sites for hydroxylation is 1. The van der Waals surface area contributed by atoms with E-state index in [1.165, 1.54) is 0 Å². The fourth-order valence-corrected chi connectivity index (χ4v) is 4.63. The highest BCUT2D eigenvalue weighted by Gasteiger charge is 2.33. The van der Waals surface area contributed by atoms with E-state index in [4.69, 9.17) is 20.8 Å². The highest BCUT2D eigenvalue weighted by molar-refractivity contribution is 6.31. The summed E-state index contributed by atoms with van der Waals surface area (Å²) in [6.07, 6.45) is 1.21. The van der Waals surface area contributed by atoms with Crippen molar-refractivity contribution in [2.45, 2.75) is 26.4 Å². The number of piperazine rings is 1. The molecule has 1 saturated heterocycles. The van der Waals surface area contributed by atoms with Gasteiger partial charge in [0.15, 0.2) is 0 Å². The molecule has 0 aliphatic carbocycles. The minimum absolute atomic E-state index is 0.0871. The van der Waals surface area contributed by atoms with Gasteiger partial charge in [-0.2, -0.15) is 0 Å². The number of benzene rings is 1. The second-order valence-electron chi connectivity index (χ2n) is 8.20. The molecule has 0 bridgehead atoms. The number of aromatic hydroxyl groups is 1. The van der Waals surface area contributed by atoms with E-state index in [0.29, 0.717) is 49.3 Å². The smallest absolute Gasteiger partial charge is 0.409 e. The zero-order chi connectivity index (χ0) is 24.2. The number of hydrogen-bond acceptors (Lipinski definition) is 6. The molecular formula is C25H28ClN3O5. The van der Waals surface area contributed by atoms with E-state index in [1.54, 1.807) is 53.8 Å². The predicted molar refractivity (Wildman–Crippen MR) is 128 cm³/mol. The van der Waals surface area contributed by atoms with Crippen molar-refractivity contribution >= 4 is 17.7 Å². The summed E-state index contributed by atoms with van der Waals surface area (Å²) in [6, 6.07) is 11.9. The van der Waals surface area contributed by atoms with Crippen molar-refractivity contribution in [1.82, 2.24) is 14.4 Å². The Morgan fingerprint density at radius 3 is 2.56 bits per heavy atom. The summed E-state index contributed by atoms with van der Waals surface area (Å²) in [4.78, 5) is 29.7. The summed E-state index contributed by atoms with van der Waals surface area (Å²) in [7, 11) is 0. The molecule has 34 heavy (non-hydrogen) atoms. The predicted octanol–water partition coefficient (Wildman–Crippen LogP) is 4.02. The average molecular weight is 486 g/mol. The molecule has 2 aromatic heterocycles. The van der Waals surface area contributed by atoms with Crippen LogP contribution in [0.1, 0.15) is 35.5 Å². The van der Waals surface area contributed by atoms with Crippen molar-refractivity contribution in [2.24, 2.45) is 0 Å². The van der Waals surface area contributed by atoms with Crippen LogP contribution in [-0.4, -0.2) is 58.4 Å². The molecular weight excluding hydrogens is 458 g/mol. The number of aromatic nitrogens is 1. The van der Waals surface area contributed by atoms with Crippen LogP contribution in [0.2, 0.25) is 5.02 Å². The van der Waals surface area contributed by atoms with Crippen molar-refractivity contribution in [3.8, 4) is 5.75 Å². The van der Waals surface area contributed by atoms with Crippen LogP contribution in [0.5, 0.6) is 5.75 Å². The number of rotatable bonds is 6. The van der Waals surface area contributed by atoms with Gasteiger partial charge in [0.25, 0.3) is 5.56 Å². The molecule has 9 heteroatoms. The molecule has 0 unspecified atom stereocenters. The van der Waals surface area contributed by atoms with Crippen LogP contribution in [0.3, 0.4) is 0 Å². The largest absolute Gasteiger partial charge is 0.507 e. The third kappa shape index (κ3) is 4.83. The number of pyridine rings is 1. The highest BCUT2D eigenvalue weighted by Crippen LogP contribution is 2.36. The Labute approximate surface area is 202 Å². The van der Waals surface area contributed by atoms with Crippen molar-refractivity contribution in [1.29, 1.82) is 0 Å². The highest BCUT2D eigenvalue weighted by atomic mass is 35.5. The van der Waals surface area contributed by atoms with Gasteiger partial charge in [-0.3, -0.25) is 9.69 Å². The average Bonchev–Trinajstić information content (AvgIpc) is 3.34. The van der Waals surface area contributed by atoms with Gasteiger partial charge in [0.2, 0.25) is 0 Å². The first kappa shape index (κ1) is 23.9. The molecule has 1 aliphatic rings. The fourth-order valence-electron chi connectivity index (χ4n) is 4.39. The van der Waals surface area contributed by atoms with Gasteiger partial charge in [-0.15, -0.1) is 0 Å². The van der Waals surface area contributed by atoms with Gasteiger partial charge in [-0.1, -0.05) is 29.8 Å². The first-order valence-corrected chi connectivity index (χ1v) is 11.6. The quantitative estimate of drug-likeness (QED) is 0.567. The van der Waals surface area contributed by atoms with Gasteiger partial charge in [0.05, 0.1) is 31.0 Å². The number of ether oxygens (including phenoxy) is 1. The van der Waals surface area contributed by atoms with Crippen LogP contribution < -0.4 is 5.56 Å². The number of furan rings is 1. The first-order valence-electron chi connectivity index (χ1n) is 11.3. The second kappa shape index (κ2) is 10.4. The standard InChI is InChI=1S/C25H28ClN3O5/c1-3-33-25(32)28-12-10-27(11-13-28)23(19-8-4-5-9-20(19)26)22-21(30)15-17(2)29(24(22)31)16-18-7-6-14-34-18/h4-9,14-15,23,30H,3,10-13,16H2,1-2H3/t23-/m1/s1. The maximum atomic E-state index is 13.8. The Bertz CT molecular complexity index is 1200. The van der Waals surface area contributed by atoms with E-state index in [-0.39, 0.29) is 29.5 Å². The van der Waals surface area contributed by atoms with E-state index in [0.717, 1.165) is 5.56 Å². The molecule has 0 saturated carbocycles. The number of nitrogens with zero attached hydrogens (tertiary/aromatic N) is 3. The Hall–Kier alpha value is -3.23. The van der Waals surface area contributed by atoms with Crippen LogP contribution in [0.25, 0.3) is 0 Å². The van der Waals surface area contributed by atoms with Crippen molar-refractivity contribution < 1.29 is 19.1 Å². The van der Waals surface area contributed by atoms with E-state index < -0.39 is 6.04 Å².